The van der Waals surface area contributed by atoms with Gasteiger partial charge in [0.1, 0.15) is 17.1 Å². The van der Waals surface area contributed by atoms with Gasteiger partial charge in [0.25, 0.3) is 0 Å². The average molecular weight is 424 g/mol. The lowest BCUT2D eigenvalue weighted by molar-refractivity contribution is -0.401. The van der Waals surface area contributed by atoms with Crippen molar-refractivity contribution in [2.45, 2.75) is 19.5 Å². The minimum Gasteiger partial charge on any atom is -0.497 e. The molecule has 0 aliphatic heterocycles. The minimum atomic E-state index is -4.41. The van der Waals surface area contributed by atoms with Crippen molar-refractivity contribution in [2.75, 3.05) is 7.11 Å². The first-order valence-corrected chi connectivity index (χ1v) is 9.86. The molecule has 0 atom stereocenters. The fraction of sp³-hybridized carbons (Fsp3) is 0.160. The van der Waals surface area contributed by atoms with Crippen molar-refractivity contribution < 1.29 is 27.3 Å². The van der Waals surface area contributed by atoms with Crippen molar-refractivity contribution in [2.24, 2.45) is 0 Å². The van der Waals surface area contributed by atoms with Gasteiger partial charge in [0.2, 0.25) is 11.0 Å². The standard InChI is InChI=1S/C25H20F3NO2/c1-3-16-7-12-23-21(13-16)22(29-19-6-4-5-18(14-19)25(26,27)28)15-24(31-23)17-8-10-20(30-2)11-9-17/h4-15H,3H2,1-2H3/p+1. The Balaban J connectivity index is 1.94. The Hall–Kier alpha value is -3.54. The highest BCUT2D eigenvalue weighted by Crippen LogP contribution is 2.30. The van der Waals surface area contributed by atoms with Gasteiger partial charge in [-0.25, -0.2) is 4.99 Å². The lowest BCUT2D eigenvalue weighted by atomic mass is 10.1. The van der Waals surface area contributed by atoms with Gasteiger partial charge in [-0.3, -0.25) is 0 Å². The summed E-state index contributed by atoms with van der Waals surface area (Å²) >= 11 is 0. The van der Waals surface area contributed by atoms with Crippen molar-refractivity contribution in [3.05, 3.63) is 89.3 Å². The third-order valence-corrected chi connectivity index (χ3v) is 5.08. The topological polar surface area (TPSA) is 36.3 Å². The zero-order valence-electron chi connectivity index (χ0n) is 17.1. The van der Waals surface area contributed by atoms with Gasteiger partial charge in [0.15, 0.2) is 0 Å². The minimum absolute atomic E-state index is 0.352. The van der Waals surface area contributed by atoms with E-state index >= 15 is 0 Å². The molecule has 31 heavy (non-hydrogen) atoms. The summed E-state index contributed by atoms with van der Waals surface area (Å²) in [5, 5.41) is 1.47. The second-order valence-electron chi connectivity index (χ2n) is 7.14. The van der Waals surface area contributed by atoms with Crippen LogP contribution in [0.4, 0.5) is 18.9 Å². The molecule has 0 aliphatic rings. The summed E-state index contributed by atoms with van der Waals surface area (Å²) in [4.78, 5) is 3.16. The molecule has 4 rings (SSSR count). The van der Waals surface area contributed by atoms with Crippen LogP contribution in [0.2, 0.25) is 0 Å². The molecule has 4 aromatic rings. The summed E-state index contributed by atoms with van der Waals surface area (Å²) in [7, 11) is 1.60. The quantitative estimate of drug-likeness (QED) is 0.500. The first-order valence-electron chi connectivity index (χ1n) is 9.86. The second kappa shape index (κ2) is 8.30. The monoisotopic (exact) mass is 424 g/mol. The molecule has 3 aromatic carbocycles. The summed E-state index contributed by atoms with van der Waals surface area (Å²) in [6, 6.07) is 20.2. The predicted octanol–water partition coefficient (Wildman–Crippen LogP) is 5.00. The summed E-state index contributed by atoms with van der Waals surface area (Å²) in [6.07, 6.45) is -3.57. The first kappa shape index (κ1) is 20.7. The summed E-state index contributed by atoms with van der Waals surface area (Å²) < 4.78 is 50.8. The lowest BCUT2D eigenvalue weighted by Gasteiger charge is -2.06. The largest absolute Gasteiger partial charge is 0.497 e. The number of fused-ring (bicyclic) bond motifs is 1. The van der Waals surface area contributed by atoms with E-state index in [1.807, 2.05) is 55.5 Å². The summed E-state index contributed by atoms with van der Waals surface area (Å²) in [5.41, 5.74) is 2.22. The van der Waals surface area contributed by atoms with Crippen molar-refractivity contribution >= 4 is 16.7 Å². The SMILES string of the molecule is CCc1ccc2oc(-c3ccc(OC)cc3)cc(=[NH+]c3cccc(C(F)(F)F)c3)c2c1. The Labute approximate surface area is 177 Å². The maximum atomic E-state index is 13.2. The summed E-state index contributed by atoms with van der Waals surface area (Å²) in [5.74, 6) is 1.31. The van der Waals surface area contributed by atoms with E-state index in [2.05, 4.69) is 4.99 Å². The van der Waals surface area contributed by atoms with Gasteiger partial charge in [-0.05, 0) is 54.4 Å². The van der Waals surface area contributed by atoms with Crippen molar-refractivity contribution in [3.63, 3.8) is 0 Å². The van der Waals surface area contributed by atoms with E-state index in [0.29, 0.717) is 22.4 Å². The van der Waals surface area contributed by atoms with Gasteiger partial charge in [-0.1, -0.05) is 19.1 Å². The van der Waals surface area contributed by atoms with E-state index < -0.39 is 11.7 Å². The van der Waals surface area contributed by atoms with Crippen LogP contribution in [-0.4, -0.2) is 7.11 Å². The van der Waals surface area contributed by atoms with Crippen LogP contribution < -0.4 is 15.1 Å². The van der Waals surface area contributed by atoms with Crippen LogP contribution in [0.3, 0.4) is 0 Å². The molecule has 1 aromatic heterocycles. The molecule has 0 saturated carbocycles. The molecule has 0 fully saturated rings. The maximum Gasteiger partial charge on any atom is 0.416 e. The molecule has 0 unspecified atom stereocenters. The molecule has 0 saturated heterocycles. The number of benzene rings is 3. The van der Waals surface area contributed by atoms with Gasteiger partial charge in [-0.15, -0.1) is 0 Å². The average Bonchev–Trinajstić information content (AvgIpc) is 2.78. The zero-order chi connectivity index (χ0) is 22.0. The van der Waals surface area contributed by atoms with Crippen LogP contribution in [0.1, 0.15) is 18.1 Å². The Morgan fingerprint density at radius 2 is 1.71 bits per heavy atom. The van der Waals surface area contributed by atoms with Crippen molar-refractivity contribution in [3.8, 4) is 17.1 Å². The number of halogens is 3. The highest BCUT2D eigenvalue weighted by Gasteiger charge is 2.31. The number of nitrogens with one attached hydrogen (secondary N) is 1. The molecular weight excluding hydrogens is 403 g/mol. The van der Waals surface area contributed by atoms with E-state index in [4.69, 9.17) is 9.15 Å². The number of aryl methyl sites for hydroxylation is 1. The Kier molecular flexibility index (Phi) is 5.55. The van der Waals surface area contributed by atoms with E-state index in [-0.39, 0.29) is 0 Å². The van der Waals surface area contributed by atoms with Crippen LogP contribution in [0.5, 0.6) is 5.75 Å². The number of rotatable bonds is 4. The fourth-order valence-corrected chi connectivity index (χ4v) is 3.38. The van der Waals surface area contributed by atoms with E-state index in [9.17, 15) is 13.2 Å². The van der Waals surface area contributed by atoms with Crippen LogP contribution in [-0.2, 0) is 12.6 Å². The van der Waals surface area contributed by atoms with Gasteiger partial charge >= 0.3 is 6.18 Å². The van der Waals surface area contributed by atoms with Crippen LogP contribution in [0.25, 0.3) is 22.3 Å². The molecule has 0 radical (unpaired) electrons. The Morgan fingerprint density at radius 1 is 0.935 bits per heavy atom. The van der Waals surface area contributed by atoms with Gasteiger partial charge in [0.05, 0.1) is 24.1 Å². The first-order chi connectivity index (χ1) is 14.9. The molecule has 0 amide bonds. The lowest BCUT2D eigenvalue weighted by Crippen LogP contribution is -2.70. The van der Waals surface area contributed by atoms with E-state index in [0.717, 1.165) is 40.8 Å². The van der Waals surface area contributed by atoms with Gasteiger partial charge < -0.3 is 9.15 Å². The Bertz CT molecular complexity index is 1290. The van der Waals surface area contributed by atoms with Gasteiger partial charge in [-0.2, -0.15) is 13.2 Å². The van der Waals surface area contributed by atoms with E-state index in [1.165, 1.54) is 6.07 Å². The molecule has 1 N–H and O–H groups in total. The zero-order valence-corrected chi connectivity index (χ0v) is 17.1. The third kappa shape index (κ3) is 4.48. The van der Waals surface area contributed by atoms with Crippen molar-refractivity contribution in [1.82, 2.24) is 0 Å². The van der Waals surface area contributed by atoms with Crippen LogP contribution in [0.15, 0.2) is 77.2 Å². The molecule has 3 nitrogen and oxygen atoms in total. The molecule has 1 heterocycles. The normalized spacial score (nSPS) is 12.4. The number of hydrogen-bond acceptors (Lipinski definition) is 2. The van der Waals surface area contributed by atoms with Crippen LogP contribution in [0, 0.1) is 0 Å². The van der Waals surface area contributed by atoms with Gasteiger partial charge in [0, 0.05) is 17.7 Å². The molecule has 0 aliphatic carbocycles. The molecule has 0 spiro atoms. The highest BCUT2D eigenvalue weighted by molar-refractivity contribution is 5.79. The predicted molar refractivity (Wildman–Crippen MR) is 113 cm³/mol. The number of hydrogen-bond donors (Lipinski definition) is 1. The molecular formula is C25H21F3NO2+. The third-order valence-electron chi connectivity index (χ3n) is 5.08. The maximum absolute atomic E-state index is 13.2. The number of ether oxygens (including phenoxy) is 1. The highest BCUT2D eigenvalue weighted by atomic mass is 19.4. The number of alkyl halides is 3. The second-order valence-corrected chi connectivity index (χ2v) is 7.14. The number of methoxy groups -OCH3 is 1. The fourth-order valence-electron chi connectivity index (χ4n) is 3.38. The van der Waals surface area contributed by atoms with Crippen molar-refractivity contribution in [1.29, 1.82) is 0 Å². The van der Waals surface area contributed by atoms with Crippen LogP contribution >= 0.6 is 0 Å². The molecule has 158 valence electrons. The smallest absolute Gasteiger partial charge is 0.416 e. The Morgan fingerprint density at radius 3 is 2.39 bits per heavy atom. The summed E-state index contributed by atoms with van der Waals surface area (Å²) in [6.45, 7) is 2.05. The van der Waals surface area contributed by atoms with E-state index in [1.54, 1.807) is 13.2 Å². The molecule has 6 heteroatoms. The molecule has 0 bridgehead atoms.